The number of nitrogens with zero attached hydrogens (tertiary/aromatic N) is 2. The molecule has 0 unspecified atom stereocenters. The Hall–Kier alpha value is -2.34. The Balaban J connectivity index is 2.46. The minimum absolute atomic E-state index is 0.114. The average Bonchev–Trinajstić information content (AvgIpc) is 2.45. The largest absolute Gasteiger partial charge is 0.493 e. The van der Waals surface area contributed by atoms with Crippen LogP contribution in [0.4, 0.5) is 0 Å². The minimum atomic E-state index is -1.17. The molecule has 0 fully saturated rings. The number of halogens is 1. The van der Waals surface area contributed by atoms with E-state index < -0.39 is 5.97 Å². The molecule has 20 heavy (non-hydrogen) atoms. The first kappa shape index (κ1) is 14.1. The molecule has 0 aliphatic carbocycles. The number of aromatic carboxylic acids is 1. The summed E-state index contributed by atoms with van der Waals surface area (Å²) in [4.78, 5) is 18.8. The second-order valence-corrected chi connectivity index (χ2v) is 4.13. The Morgan fingerprint density at radius 2 is 1.95 bits per heavy atom. The zero-order valence-electron chi connectivity index (χ0n) is 10.8. The maximum atomic E-state index is 10.9. The molecule has 0 bridgehead atoms. The second-order valence-electron chi connectivity index (χ2n) is 3.77. The van der Waals surface area contributed by atoms with Crippen molar-refractivity contribution in [2.24, 2.45) is 0 Å². The topological polar surface area (TPSA) is 81.5 Å². The molecule has 2 aromatic rings. The van der Waals surface area contributed by atoms with Crippen LogP contribution in [0.2, 0.25) is 5.15 Å². The van der Waals surface area contributed by atoms with E-state index in [0.29, 0.717) is 22.9 Å². The highest BCUT2D eigenvalue weighted by Gasteiger charge is 2.14. The number of aromatic nitrogens is 2. The summed E-state index contributed by atoms with van der Waals surface area (Å²) in [6.07, 6.45) is 1.17. The molecule has 7 heteroatoms. The smallest absolute Gasteiger partial charge is 0.340 e. The maximum Gasteiger partial charge on any atom is 0.340 e. The Kier molecular flexibility index (Phi) is 4.05. The number of hydrogen-bond donors (Lipinski definition) is 1. The number of carbonyl (C=O) groups is 1. The van der Waals surface area contributed by atoms with Gasteiger partial charge in [-0.25, -0.2) is 14.8 Å². The van der Waals surface area contributed by atoms with E-state index in [2.05, 4.69) is 9.97 Å². The zero-order chi connectivity index (χ0) is 14.7. The van der Waals surface area contributed by atoms with E-state index in [-0.39, 0.29) is 10.7 Å². The average molecular weight is 295 g/mol. The lowest BCUT2D eigenvalue weighted by Gasteiger charge is -2.09. The predicted octanol–water partition coefficient (Wildman–Crippen LogP) is 2.51. The van der Waals surface area contributed by atoms with Gasteiger partial charge in [-0.15, -0.1) is 0 Å². The first-order valence-electron chi connectivity index (χ1n) is 5.55. The lowest BCUT2D eigenvalue weighted by Crippen LogP contribution is -2.02. The lowest BCUT2D eigenvalue weighted by atomic mass is 10.2. The molecule has 0 aliphatic rings. The summed E-state index contributed by atoms with van der Waals surface area (Å²) < 4.78 is 10.3. The molecule has 0 radical (unpaired) electrons. The van der Waals surface area contributed by atoms with Crippen molar-refractivity contribution >= 4 is 17.6 Å². The van der Waals surface area contributed by atoms with Gasteiger partial charge in [-0.3, -0.25) is 0 Å². The quantitative estimate of drug-likeness (QED) is 0.873. The summed E-state index contributed by atoms with van der Waals surface area (Å²) in [5.41, 5.74) is 0.498. The van der Waals surface area contributed by atoms with E-state index in [1.54, 1.807) is 18.2 Å². The molecule has 0 atom stereocenters. The third-order valence-electron chi connectivity index (χ3n) is 2.61. The van der Waals surface area contributed by atoms with Gasteiger partial charge in [0.15, 0.2) is 17.3 Å². The summed E-state index contributed by atoms with van der Waals surface area (Å²) in [6, 6.07) is 5.12. The van der Waals surface area contributed by atoms with Gasteiger partial charge in [0.2, 0.25) is 0 Å². The van der Waals surface area contributed by atoms with Crippen LogP contribution in [0.15, 0.2) is 24.4 Å². The number of ether oxygens (including phenoxy) is 2. The Bertz CT molecular complexity index is 661. The van der Waals surface area contributed by atoms with Gasteiger partial charge in [-0.1, -0.05) is 11.6 Å². The fourth-order valence-corrected chi connectivity index (χ4v) is 1.83. The summed E-state index contributed by atoms with van der Waals surface area (Å²) >= 11 is 5.82. The van der Waals surface area contributed by atoms with Crippen molar-refractivity contribution in [1.82, 2.24) is 9.97 Å². The van der Waals surface area contributed by atoms with Crippen molar-refractivity contribution < 1.29 is 19.4 Å². The molecule has 1 aromatic carbocycles. The van der Waals surface area contributed by atoms with Gasteiger partial charge in [0.25, 0.3) is 0 Å². The molecule has 1 heterocycles. The van der Waals surface area contributed by atoms with Crippen molar-refractivity contribution in [2.75, 3.05) is 14.2 Å². The number of hydrogen-bond acceptors (Lipinski definition) is 5. The molecule has 0 spiro atoms. The number of rotatable bonds is 4. The fourth-order valence-electron chi connectivity index (χ4n) is 1.62. The van der Waals surface area contributed by atoms with E-state index in [9.17, 15) is 4.79 Å². The van der Waals surface area contributed by atoms with E-state index in [4.69, 9.17) is 26.2 Å². The Morgan fingerprint density at radius 1 is 1.25 bits per heavy atom. The van der Waals surface area contributed by atoms with Crippen molar-refractivity contribution in [3.05, 3.63) is 35.1 Å². The number of carboxylic acid groups (broad SMARTS) is 1. The van der Waals surface area contributed by atoms with E-state index >= 15 is 0 Å². The van der Waals surface area contributed by atoms with Crippen LogP contribution in [-0.2, 0) is 0 Å². The van der Waals surface area contributed by atoms with Crippen LogP contribution in [-0.4, -0.2) is 35.3 Å². The molecule has 2 rings (SSSR count). The first-order chi connectivity index (χ1) is 9.56. The monoisotopic (exact) mass is 294 g/mol. The second kappa shape index (κ2) is 5.75. The highest BCUT2D eigenvalue weighted by Crippen LogP contribution is 2.31. The van der Waals surface area contributed by atoms with Crippen LogP contribution in [0.25, 0.3) is 11.4 Å². The summed E-state index contributed by atoms with van der Waals surface area (Å²) in [5, 5.41) is 8.76. The standard InChI is InChI=1S/C13H11ClN2O4/c1-19-9-4-3-7(5-10(9)20-2)12-15-6-8(13(17)18)11(14)16-12/h3-6H,1-2H3,(H,17,18). The molecule has 0 amide bonds. The predicted molar refractivity (Wildman–Crippen MR) is 72.5 cm³/mol. The van der Waals surface area contributed by atoms with E-state index in [0.717, 1.165) is 0 Å². The summed E-state index contributed by atoms with van der Waals surface area (Å²) in [7, 11) is 3.05. The van der Waals surface area contributed by atoms with Gasteiger partial charge in [-0.05, 0) is 18.2 Å². The third-order valence-corrected chi connectivity index (χ3v) is 2.90. The number of benzene rings is 1. The molecule has 0 aliphatic heterocycles. The number of carboxylic acids is 1. The van der Waals surface area contributed by atoms with Crippen LogP contribution in [0, 0.1) is 0 Å². The Morgan fingerprint density at radius 3 is 2.50 bits per heavy atom. The van der Waals surface area contributed by atoms with E-state index in [1.165, 1.54) is 20.4 Å². The summed E-state index contributed by atoms with van der Waals surface area (Å²) in [5.74, 6) is 0.228. The molecule has 1 aromatic heterocycles. The Labute approximate surface area is 120 Å². The van der Waals surface area contributed by atoms with Gasteiger partial charge in [-0.2, -0.15) is 0 Å². The van der Waals surface area contributed by atoms with Gasteiger partial charge in [0.1, 0.15) is 10.7 Å². The van der Waals surface area contributed by atoms with Crippen LogP contribution in [0.3, 0.4) is 0 Å². The van der Waals surface area contributed by atoms with Crippen molar-refractivity contribution in [2.45, 2.75) is 0 Å². The molecule has 1 N–H and O–H groups in total. The van der Waals surface area contributed by atoms with Gasteiger partial charge < -0.3 is 14.6 Å². The third kappa shape index (κ3) is 2.65. The normalized spacial score (nSPS) is 10.2. The molecule has 0 saturated carbocycles. The summed E-state index contributed by atoms with van der Waals surface area (Å²) in [6.45, 7) is 0. The van der Waals surface area contributed by atoms with Gasteiger partial charge in [0.05, 0.1) is 14.2 Å². The molecule has 104 valence electrons. The SMILES string of the molecule is COc1ccc(-c2ncc(C(=O)O)c(Cl)n2)cc1OC. The fraction of sp³-hybridized carbons (Fsp3) is 0.154. The van der Waals surface area contributed by atoms with Crippen LogP contribution in [0.5, 0.6) is 11.5 Å². The molecule has 0 saturated heterocycles. The number of methoxy groups -OCH3 is 2. The maximum absolute atomic E-state index is 10.9. The van der Waals surface area contributed by atoms with Gasteiger partial charge in [0, 0.05) is 11.8 Å². The minimum Gasteiger partial charge on any atom is -0.493 e. The molecular formula is C13H11ClN2O4. The molecule has 6 nitrogen and oxygen atoms in total. The first-order valence-corrected chi connectivity index (χ1v) is 5.93. The van der Waals surface area contributed by atoms with E-state index in [1.807, 2.05) is 0 Å². The highest BCUT2D eigenvalue weighted by molar-refractivity contribution is 6.32. The van der Waals surface area contributed by atoms with Crippen molar-refractivity contribution in [3.8, 4) is 22.9 Å². The zero-order valence-corrected chi connectivity index (χ0v) is 11.5. The van der Waals surface area contributed by atoms with Crippen LogP contribution < -0.4 is 9.47 Å². The highest BCUT2D eigenvalue weighted by atomic mass is 35.5. The van der Waals surface area contributed by atoms with Crippen LogP contribution >= 0.6 is 11.6 Å². The van der Waals surface area contributed by atoms with Gasteiger partial charge >= 0.3 is 5.97 Å². The molecular weight excluding hydrogens is 284 g/mol. The lowest BCUT2D eigenvalue weighted by molar-refractivity contribution is 0.0696. The van der Waals surface area contributed by atoms with Crippen molar-refractivity contribution in [1.29, 1.82) is 0 Å². The van der Waals surface area contributed by atoms with Crippen LogP contribution in [0.1, 0.15) is 10.4 Å². The van der Waals surface area contributed by atoms with Crippen molar-refractivity contribution in [3.63, 3.8) is 0 Å².